The second-order valence-electron chi connectivity index (χ2n) is 7.97. The van der Waals surface area contributed by atoms with Gasteiger partial charge in [-0.3, -0.25) is 14.7 Å². The van der Waals surface area contributed by atoms with Gasteiger partial charge in [-0.25, -0.2) is 0 Å². The Morgan fingerprint density at radius 2 is 1.97 bits per heavy atom. The van der Waals surface area contributed by atoms with E-state index >= 15 is 0 Å². The summed E-state index contributed by atoms with van der Waals surface area (Å²) in [6.07, 6.45) is -2.34. The number of hydrogen-bond acceptors (Lipinski definition) is 8. The van der Waals surface area contributed by atoms with Gasteiger partial charge in [0.05, 0.1) is 18.2 Å². The lowest BCUT2D eigenvalue weighted by Gasteiger charge is -2.49. The summed E-state index contributed by atoms with van der Waals surface area (Å²) in [6.45, 7) is 3.53. The number of piperazine rings is 1. The summed E-state index contributed by atoms with van der Waals surface area (Å²) >= 11 is 6.10. The lowest BCUT2D eigenvalue weighted by molar-refractivity contribution is -0.232. The molecule has 10 heteroatoms. The number of carbonyl (C=O) groups is 1. The molecule has 2 aliphatic rings. The van der Waals surface area contributed by atoms with Crippen LogP contribution in [-0.2, 0) is 9.53 Å². The van der Waals surface area contributed by atoms with Crippen molar-refractivity contribution in [2.75, 3.05) is 37.7 Å². The largest absolute Gasteiger partial charge is 0.394 e. The second kappa shape index (κ2) is 9.23. The van der Waals surface area contributed by atoms with Gasteiger partial charge in [-0.05, 0) is 24.3 Å². The number of anilines is 1. The van der Waals surface area contributed by atoms with Gasteiger partial charge in [0.1, 0.15) is 24.5 Å². The van der Waals surface area contributed by atoms with E-state index in [1.807, 2.05) is 29.2 Å². The van der Waals surface area contributed by atoms with Crippen molar-refractivity contribution in [1.82, 2.24) is 15.2 Å². The fraction of sp³-hybridized carbons (Fsp3) is 0.524. The Morgan fingerprint density at radius 3 is 2.65 bits per heavy atom. The molecular weight excluding hydrogens is 424 g/mol. The number of nitrogens with zero attached hydrogens (tertiary/aromatic N) is 3. The highest BCUT2D eigenvalue weighted by atomic mass is 35.5. The molecule has 4 N–H and O–H groups in total. The predicted octanol–water partition coefficient (Wildman–Crippen LogP) is -0.0461. The van der Waals surface area contributed by atoms with Crippen molar-refractivity contribution in [1.29, 1.82) is 0 Å². The van der Waals surface area contributed by atoms with Crippen LogP contribution in [0.25, 0.3) is 10.9 Å². The van der Waals surface area contributed by atoms with Crippen molar-refractivity contribution in [3.05, 3.63) is 35.5 Å². The topological polar surface area (TPSA) is 118 Å². The molecular formula is C21H27ClN4O5. The van der Waals surface area contributed by atoms with Gasteiger partial charge in [-0.2, -0.15) is 0 Å². The van der Waals surface area contributed by atoms with Crippen molar-refractivity contribution in [3.63, 3.8) is 0 Å². The normalized spacial score (nSPS) is 29.8. The summed E-state index contributed by atoms with van der Waals surface area (Å²) in [5, 5.41) is 34.7. The van der Waals surface area contributed by atoms with Crippen LogP contribution in [-0.4, -0.2) is 94.5 Å². The number of pyridine rings is 1. The standard InChI is InChI=1S/C21H27ClN4O5/c1-12(28)24-18-20(30)19(29)17(11-27)31-21(18)26-8-6-25(7-9-26)16-4-5-23-15-10-13(22)2-3-14(15)16/h2-5,10,17-21,27,29-30H,6-9,11H2,1H3,(H,24,28). The molecule has 0 spiro atoms. The number of benzene rings is 1. The minimum absolute atomic E-state index is 0.326. The van der Waals surface area contributed by atoms with Crippen molar-refractivity contribution >= 4 is 34.1 Å². The van der Waals surface area contributed by atoms with E-state index in [0.29, 0.717) is 31.2 Å². The van der Waals surface area contributed by atoms with E-state index in [4.69, 9.17) is 16.3 Å². The second-order valence-corrected chi connectivity index (χ2v) is 8.41. The maximum atomic E-state index is 11.7. The Bertz CT molecular complexity index is 939. The van der Waals surface area contributed by atoms with Gasteiger partial charge in [0, 0.05) is 55.4 Å². The maximum absolute atomic E-state index is 11.7. The number of hydrogen-bond donors (Lipinski definition) is 4. The van der Waals surface area contributed by atoms with Crippen molar-refractivity contribution in [3.8, 4) is 0 Å². The van der Waals surface area contributed by atoms with Gasteiger partial charge in [-0.15, -0.1) is 0 Å². The maximum Gasteiger partial charge on any atom is 0.217 e. The Balaban J connectivity index is 1.51. The molecule has 2 aliphatic heterocycles. The lowest BCUT2D eigenvalue weighted by Crippen LogP contribution is -2.69. The average Bonchev–Trinajstić information content (AvgIpc) is 2.76. The minimum Gasteiger partial charge on any atom is -0.394 e. The zero-order chi connectivity index (χ0) is 22.1. The van der Waals surface area contributed by atoms with E-state index in [1.165, 1.54) is 6.92 Å². The highest BCUT2D eigenvalue weighted by Gasteiger charge is 2.47. The molecule has 5 unspecified atom stereocenters. The lowest BCUT2D eigenvalue weighted by atomic mass is 9.95. The highest BCUT2D eigenvalue weighted by Crippen LogP contribution is 2.30. The van der Waals surface area contributed by atoms with Crippen LogP contribution in [0.4, 0.5) is 5.69 Å². The molecule has 2 saturated heterocycles. The zero-order valence-electron chi connectivity index (χ0n) is 17.2. The number of amides is 1. The summed E-state index contributed by atoms with van der Waals surface area (Å²) < 4.78 is 5.90. The van der Waals surface area contributed by atoms with Gasteiger partial charge in [0.15, 0.2) is 0 Å². The van der Waals surface area contributed by atoms with Crippen LogP contribution in [0.15, 0.2) is 30.5 Å². The number of aliphatic hydroxyl groups is 3. The molecule has 3 heterocycles. The number of ether oxygens (including phenoxy) is 1. The van der Waals surface area contributed by atoms with Gasteiger partial charge in [-0.1, -0.05) is 11.6 Å². The van der Waals surface area contributed by atoms with E-state index < -0.39 is 37.2 Å². The number of aliphatic hydroxyl groups excluding tert-OH is 3. The molecule has 9 nitrogen and oxygen atoms in total. The molecule has 2 fully saturated rings. The third-order valence-electron chi connectivity index (χ3n) is 5.97. The fourth-order valence-corrected chi connectivity index (χ4v) is 4.57. The van der Waals surface area contributed by atoms with Crippen LogP contribution in [0, 0.1) is 0 Å². The molecule has 168 valence electrons. The van der Waals surface area contributed by atoms with Gasteiger partial charge < -0.3 is 30.3 Å². The van der Waals surface area contributed by atoms with Crippen molar-refractivity contribution in [2.45, 2.75) is 37.5 Å². The number of rotatable bonds is 4. The van der Waals surface area contributed by atoms with Crippen LogP contribution in [0.3, 0.4) is 0 Å². The Labute approximate surface area is 185 Å². The summed E-state index contributed by atoms with van der Waals surface area (Å²) in [6, 6.07) is 6.83. The van der Waals surface area contributed by atoms with Crippen LogP contribution >= 0.6 is 11.6 Å². The zero-order valence-corrected chi connectivity index (χ0v) is 17.9. The first-order chi connectivity index (χ1) is 14.9. The van der Waals surface area contributed by atoms with Crippen LogP contribution in [0.1, 0.15) is 6.92 Å². The Kier molecular flexibility index (Phi) is 6.61. The molecule has 0 bridgehead atoms. The smallest absolute Gasteiger partial charge is 0.217 e. The highest BCUT2D eigenvalue weighted by molar-refractivity contribution is 6.31. The van der Waals surface area contributed by atoms with Crippen LogP contribution in [0.5, 0.6) is 0 Å². The third kappa shape index (κ3) is 4.48. The molecule has 31 heavy (non-hydrogen) atoms. The van der Waals surface area contributed by atoms with E-state index in [-0.39, 0.29) is 5.91 Å². The first-order valence-corrected chi connectivity index (χ1v) is 10.7. The van der Waals surface area contributed by atoms with E-state index in [1.54, 1.807) is 6.20 Å². The quantitative estimate of drug-likeness (QED) is 0.512. The summed E-state index contributed by atoms with van der Waals surface area (Å²) in [5.74, 6) is -0.326. The monoisotopic (exact) mass is 450 g/mol. The van der Waals surface area contributed by atoms with Gasteiger partial charge in [0.2, 0.25) is 5.91 Å². The molecule has 0 radical (unpaired) electrons. The average molecular weight is 451 g/mol. The Hall–Kier alpha value is -2.01. The van der Waals surface area contributed by atoms with Crippen molar-refractivity contribution < 1.29 is 24.9 Å². The van der Waals surface area contributed by atoms with E-state index in [2.05, 4.69) is 15.2 Å². The molecule has 5 atom stereocenters. The fourth-order valence-electron chi connectivity index (χ4n) is 4.40. The molecule has 1 amide bonds. The molecule has 1 aromatic carbocycles. The molecule has 4 rings (SSSR count). The summed E-state index contributed by atoms with van der Waals surface area (Å²) in [4.78, 5) is 20.4. The number of nitrogens with one attached hydrogen (secondary N) is 1. The molecule has 0 saturated carbocycles. The predicted molar refractivity (Wildman–Crippen MR) is 116 cm³/mol. The first-order valence-electron chi connectivity index (χ1n) is 10.3. The SMILES string of the molecule is CC(=O)NC1C(O)C(O)C(CO)OC1N1CCN(c2ccnc3cc(Cl)ccc23)CC1. The van der Waals surface area contributed by atoms with Gasteiger partial charge in [0.25, 0.3) is 0 Å². The number of fused-ring (bicyclic) bond motifs is 1. The summed E-state index contributed by atoms with van der Waals surface area (Å²) in [7, 11) is 0. The van der Waals surface area contributed by atoms with Gasteiger partial charge >= 0.3 is 0 Å². The Morgan fingerprint density at radius 1 is 1.23 bits per heavy atom. The van der Waals surface area contributed by atoms with Crippen LogP contribution < -0.4 is 10.2 Å². The number of halogens is 1. The number of aromatic nitrogens is 1. The molecule has 2 aromatic rings. The minimum atomic E-state index is -1.28. The molecule has 1 aromatic heterocycles. The third-order valence-corrected chi connectivity index (χ3v) is 6.20. The molecule has 0 aliphatic carbocycles. The first kappa shape index (κ1) is 22.2. The number of carbonyl (C=O) groups excluding carboxylic acids is 1. The summed E-state index contributed by atoms with van der Waals surface area (Å²) in [5.41, 5.74) is 1.89. The van der Waals surface area contributed by atoms with Crippen molar-refractivity contribution in [2.24, 2.45) is 0 Å². The van der Waals surface area contributed by atoms with E-state index in [0.717, 1.165) is 16.6 Å². The van der Waals surface area contributed by atoms with Crippen LogP contribution in [0.2, 0.25) is 5.02 Å². The van der Waals surface area contributed by atoms with E-state index in [9.17, 15) is 20.1 Å².